The molecule has 318 valence electrons. The van der Waals surface area contributed by atoms with E-state index in [4.69, 9.17) is 22.9 Å². The van der Waals surface area contributed by atoms with Crippen molar-refractivity contribution in [1.29, 1.82) is 0 Å². The third kappa shape index (κ3) is 13.5. The van der Waals surface area contributed by atoms with Gasteiger partial charge in [-0.25, -0.2) is 19.9 Å². The molecule has 4 aromatic heterocycles. The molecular weight excluding hydrogens is 769 g/mol. The smallest absolute Gasteiger partial charge is 0.251 e. The Morgan fingerprint density at radius 3 is 1.48 bits per heavy atom. The maximum absolute atomic E-state index is 12.4. The van der Waals surface area contributed by atoms with Crippen molar-refractivity contribution in [3.05, 3.63) is 107 Å². The molecule has 4 aromatic rings. The second-order valence-electron chi connectivity index (χ2n) is 13.9. The number of aromatic nitrogens is 6. The van der Waals surface area contributed by atoms with Crippen molar-refractivity contribution in [3.63, 3.8) is 0 Å². The van der Waals surface area contributed by atoms with E-state index in [0.717, 1.165) is 72.5 Å². The van der Waals surface area contributed by atoms with Gasteiger partial charge in [0.25, 0.3) is 5.91 Å². The van der Waals surface area contributed by atoms with Crippen LogP contribution >= 0.6 is 0 Å². The van der Waals surface area contributed by atoms with Gasteiger partial charge in [-0.2, -0.15) is 9.97 Å². The van der Waals surface area contributed by atoms with Crippen molar-refractivity contribution in [3.8, 4) is 23.7 Å². The summed E-state index contributed by atoms with van der Waals surface area (Å²) in [6.45, 7) is 19.5. The summed E-state index contributed by atoms with van der Waals surface area (Å²) < 4.78 is 0. The van der Waals surface area contributed by atoms with Crippen LogP contribution in [0.2, 0.25) is 0 Å². The number of carbonyl (C=O) groups is 2. The van der Waals surface area contributed by atoms with Crippen LogP contribution in [0.1, 0.15) is 80.1 Å². The normalized spacial score (nSPS) is 14.0. The lowest BCUT2D eigenvalue weighted by molar-refractivity contribution is -0.120. The van der Waals surface area contributed by atoms with Crippen molar-refractivity contribution in [2.75, 3.05) is 58.9 Å². The molecule has 0 aromatic carbocycles. The summed E-state index contributed by atoms with van der Waals surface area (Å²) in [5.74, 6) is 15.1. The van der Waals surface area contributed by atoms with Gasteiger partial charge in [0.1, 0.15) is 23.3 Å². The second kappa shape index (κ2) is 22.6. The lowest BCUT2D eigenvalue weighted by atomic mass is 10.0. The molecule has 6 heterocycles. The number of aryl methyl sites for hydroxylation is 2. The van der Waals surface area contributed by atoms with E-state index in [9.17, 15) is 9.59 Å². The Balaban J connectivity index is 0.000000261. The third-order valence-electron chi connectivity index (χ3n) is 9.52. The van der Waals surface area contributed by atoms with Crippen molar-refractivity contribution in [2.45, 2.75) is 72.4 Å². The number of nitrogens with zero attached hydrogens (tertiary/aromatic N) is 8. The SMILES string of the molecule is C=C/C=C(\C=C)C(=O)NC1CCN(c2nc(N)nc(C)c2C#Cc2ccc(N)nc2)CC1.CC.CC(=O)NC1CCN(c2nc(N)nc(C)c2C#Cc2ccc(N)nc2)CC1. The first-order valence-electron chi connectivity index (χ1n) is 20.1. The number of hydrogen-bond donors (Lipinski definition) is 6. The summed E-state index contributed by atoms with van der Waals surface area (Å²) in [6, 6.07) is 7.30. The van der Waals surface area contributed by atoms with Gasteiger partial charge in [-0.05, 0) is 63.8 Å². The third-order valence-corrected chi connectivity index (χ3v) is 9.52. The van der Waals surface area contributed by atoms with Crippen LogP contribution in [-0.4, -0.2) is 80.0 Å². The minimum Gasteiger partial charge on any atom is -0.384 e. The van der Waals surface area contributed by atoms with Gasteiger partial charge in [0.2, 0.25) is 17.8 Å². The molecule has 0 saturated carbocycles. The van der Waals surface area contributed by atoms with Crippen LogP contribution in [0.3, 0.4) is 0 Å². The summed E-state index contributed by atoms with van der Waals surface area (Å²) >= 11 is 0. The first-order valence-corrected chi connectivity index (χ1v) is 20.1. The van der Waals surface area contributed by atoms with Crippen LogP contribution in [-0.2, 0) is 9.59 Å². The molecule has 0 atom stereocenters. The molecule has 10 N–H and O–H groups in total. The lowest BCUT2D eigenvalue weighted by Crippen LogP contribution is -2.45. The molecule has 2 fully saturated rings. The average molecular weight is 825 g/mol. The van der Waals surface area contributed by atoms with Crippen LogP contribution in [0.15, 0.2) is 73.6 Å². The Kier molecular flexibility index (Phi) is 17.1. The van der Waals surface area contributed by atoms with Crippen LogP contribution in [0, 0.1) is 37.5 Å². The van der Waals surface area contributed by atoms with E-state index in [1.165, 1.54) is 6.08 Å². The molecule has 2 aliphatic rings. The van der Waals surface area contributed by atoms with Gasteiger partial charge in [-0.3, -0.25) is 9.59 Å². The summed E-state index contributed by atoms with van der Waals surface area (Å²) in [4.78, 5) is 53.5. The highest BCUT2D eigenvalue weighted by Crippen LogP contribution is 2.26. The lowest BCUT2D eigenvalue weighted by Gasteiger charge is -2.34. The number of carbonyl (C=O) groups excluding carboxylic acids is 2. The zero-order chi connectivity index (χ0) is 44.5. The van der Waals surface area contributed by atoms with Crippen LogP contribution in [0.4, 0.5) is 35.2 Å². The number of nitrogens with two attached hydrogens (primary N) is 4. The van der Waals surface area contributed by atoms with Gasteiger partial charge >= 0.3 is 0 Å². The van der Waals surface area contributed by atoms with E-state index in [-0.39, 0.29) is 35.8 Å². The number of pyridine rings is 2. The van der Waals surface area contributed by atoms with Crippen molar-refractivity contribution >= 4 is 47.0 Å². The summed E-state index contributed by atoms with van der Waals surface area (Å²) in [5.41, 5.74) is 28.0. The van der Waals surface area contributed by atoms with Gasteiger partial charge < -0.3 is 43.4 Å². The summed E-state index contributed by atoms with van der Waals surface area (Å²) in [5, 5.41) is 6.03. The van der Waals surface area contributed by atoms with Crippen LogP contribution in [0.5, 0.6) is 0 Å². The molecule has 0 unspecified atom stereocenters. The predicted octanol–water partition coefficient (Wildman–Crippen LogP) is 4.00. The molecule has 2 amide bonds. The molecule has 2 saturated heterocycles. The first kappa shape index (κ1) is 46.2. The second-order valence-corrected chi connectivity index (χ2v) is 13.9. The molecule has 0 bridgehead atoms. The number of allylic oxidation sites excluding steroid dienone is 2. The van der Waals surface area contributed by atoms with Crippen molar-refractivity contribution in [2.24, 2.45) is 0 Å². The van der Waals surface area contributed by atoms with Crippen molar-refractivity contribution < 1.29 is 9.59 Å². The number of rotatable bonds is 7. The zero-order valence-corrected chi connectivity index (χ0v) is 35.6. The molecule has 0 radical (unpaired) electrons. The number of amides is 2. The molecule has 61 heavy (non-hydrogen) atoms. The average Bonchev–Trinajstić information content (AvgIpc) is 3.24. The molecule has 0 aliphatic carbocycles. The first-order chi connectivity index (χ1) is 29.3. The highest BCUT2D eigenvalue weighted by molar-refractivity contribution is 5.96. The topological polar surface area (TPSA) is 246 Å². The van der Waals surface area contributed by atoms with Crippen LogP contribution in [0.25, 0.3) is 0 Å². The minimum atomic E-state index is -0.149. The number of hydrogen-bond acceptors (Lipinski definition) is 14. The fraction of sp³-hybridized carbons (Fsp3) is 0.333. The maximum atomic E-state index is 12.4. The van der Waals surface area contributed by atoms with E-state index in [2.05, 4.69) is 87.2 Å². The molecule has 2 aliphatic heterocycles. The monoisotopic (exact) mass is 824 g/mol. The van der Waals surface area contributed by atoms with E-state index >= 15 is 0 Å². The standard InChI is InChI=1S/C24H27N7O.C19H23N7O.C2H6/c1-4-6-18(5-2)23(32)29-19-11-13-31(14-12-19)22-20(16(3)28-24(26)30-22)9-7-17-8-10-21(25)27-15-17;1-12-16(5-3-14-4-6-17(20)22-11-14)18(25-19(21)23-12)26-9-7-15(8-10-26)24-13(2)27;1-2/h4-6,8,10,15,19H,1-2,11-14H2,3H3,(H2,25,27)(H,29,32)(H2,26,28,30);4,6,11,15H,7-10H2,1-2H3,(H2,20,22)(H,24,27)(H2,21,23,25);1-2H3/b18-6+;;. The van der Waals surface area contributed by atoms with E-state index in [0.29, 0.717) is 41.8 Å². The van der Waals surface area contributed by atoms with Gasteiger partial charge in [0.05, 0.1) is 22.5 Å². The number of nitrogens with one attached hydrogen (secondary N) is 2. The Bertz CT molecular complexity index is 2320. The Morgan fingerprint density at radius 1 is 0.689 bits per heavy atom. The van der Waals surface area contributed by atoms with Crippen LogP contribution < -0.4 is 43.4 Å². The van der Waals surface area contributed by atoms with Gasteiger partial charge in [0, 0.05) is 74.3 Å². The molecule has 6 rings (SSSR count). The molecule has 16 heteroatoms. The van der Waals surface area contributed by atoms with E-state index < -0.39 is 0 Å². The van der Waals surface area contributed by atoms with Gasteiger partial charge in [-0.1, -0.05) is 68.9 Å². The Hall–Kier alpha value is -7.46. The fourth-order valence-corrected chi connectivity index (χ4v) is 6.53. The van der Waals surface area contributed by atoms with Gasteiger partial charge in [-0.15, -0.1) is 0 Å². The summed E-state index contributed by atoms with van der Waals surface area (Å²) in [6.07, 6.45) is 11.2. The number of piperidine rings is 2. The predicted molar refractivity (Wildman–Crippen MR) is 244 cm³/mol. The fourth-order valence-electron chi connectivity index (χ4n) is 6.53. The minimum absolute atomic E-state index is 0.000706. The number of nitrogen functional groups attached to an aromatic ring is 4. The molecular formula is C45H56N14O2. The van der Waals surface area contributed by atoms with Gasteiger partial charge in [0.15, 0.2) is 0 Å². The summed E-state index contributed by atoms with van der Waals surface area (Å²) in [7, 11) is 0. The quantitative estimate of drug-likeness (QED) is 0.0877. The maximum Gasteiger partial charge on any atom is 0.251 e. The molecule has 16 nitrogen and oxygen atoms in total. The zero-order valence-electron chi connectivity index (χ0n) is 35.6. The largest absolute Gasteiger partial charge is 0.384 e. The number of anilines is 6. The highest BCUT2D eigenvalue weighted by atomic mass is 16.2. The Morgan fingerprint density at radius 2 is 1.11 bits per heavy atom. The van der Waals surface area contributed by atoms with E-state index in [1.54, 1.807) is 43.6 Å². The molecule has 0 spiro atoms. The highest BCUT2D eigenvalue weighted by Gasteiger charge is 2.26. The van der Waals surface area contributed by atoms with Crippen molar-refractivity contribution in [1.82, 2.24) is 40.5 Å². The Labute approximate surface area is 358 Å². The van der Waals surface area contributed by atoms with E-state index in [1.807, 2.05) is 39.8 Å².